The lowest BCUT2D eigenvalue weighted by Gasteiger charge is -2.32. The number of nitrogens with zero attached hydrogens (tertiary/aromatic N) is 1. The first-order valence-corrected chi connectivity index (χ1v) is 8.48. The van der Waals surface area contributed by atoms with Crippen LogP contribution in [0.1, 0.15) is 33.8 Å². The van der Waals surface area contributed by atoms with Gasteiger partial charge in [0.15, 0.2) is 17.3 Å². The summed E-state index contributed by atoms with van der Waals surface area (Å²) in [6.45, 7) is 1.16. The zero-order valence-corrected chi connectivity index (χ0v) is 14.9. The van der Waals surface area contributed by atoms with E-state index in [1.807, 2.05) is 0 Å². The molecule has 2 aromatic rings. The minimum Gasteiger partial charge on any atom is -0.493 e. The molecular weight excluding hydrogens is 336 g/mol. The summed E-state index contributed by atoms with van der Waals surface area (Å²) >= 11 is 0. The Kier molecular flexibility index (Phi) is 5.46. The van der Waals surface area contributed by atoms with Crippen molar-refractivity contribution in [2.75, 3.05) is 27.3 Å². The molecule has 7 nitrogen and oxygen atoms in total. The molecule has 7 heteroatoms. The summed E-state index contributed by atoms with van der Waals surface area (Å²) in [6, 6.07) is 8.48. The Bertz CT molecular complexity index is 764. The third-order valence-electron chi connectivity index (χ3n) is 4.49. The van der Waals surface area contributed by atoms with Crippen LogP contribution in [0.25, 0.3) is 0 Å². The van der Waals surface area contributed by atoms with Gasteiger partial charge in [-0.05, 0) is 43.2 Å². The minimum atomic E-state index is -0.223. The van der Waals surface area contributed by atoms with Gasteiger partial charge >= 0.3 is 0 Å². The number of hydrogen-bond donors (Lipinski definition) is 1. The van der Waals surface area contributed by atoms with Crippen LogP contribution in [0.5, 0.6) is 11.5 Å². The highest BCUT2D eigenvalue weighted by Crippen LogP contribution is 2.28. The molecule has 0 radical (unpaired) electrons. The summed E-state index contributed by atoms with van der Waals surface area (Å²) in [6.07, 6.45) is 2.87. The first-order chi connectivity index (χ1) is 12.6. The van der Waals surface area contributed by atoms with Crippen LogP contribution >= 0.6 is 0 Å². The Balaban J connectivity index is 1.57. The van der Waals surface area contributed by atoms with Crippen LogP contribution < -0.4 is 14.8 Å². The summed E-state index contributed by atoms with van der Waals surface area (Å²) in [5.41, 5.74) is 0.556. The number of piperidine rings is 1. The molecule has 0 unspecified atom stereocenters. The molecule has 0 atom stereocenters. The van der Waals surface area contributed by atoms with Crippen LogP contribution in [0.3, 0.4) is 0 Å². The van der Waals surface area contributed by atoms with Gasteiger partial charge in [0, 0.05) is 24.7 Å². The highest BCUT2D eigenvalue weighted by Gasteiger charge is 2.26. The molecule has 1 saturated heterocycles. The second kappa shape index (κ2) is 7.95. The number of amides is 2. The van der Waals surface area contributed by atoms with Gasteiger partial charge in [-0.25, -0.2) is 0 Å². The van der Waals surface area contributed by atoms with Crippen molar-refractivity contribution in [3.63, 3.8) is 0 Å². The van der Waals surface area contributed by atoms with E-state index in [1.165, 1.54) is 6.26 Å². The summed E-state index contributed by atoms with van der Waals surface area (Å²) < 4.78 is 15.6. The van der Waals surface area contributed by atoms with Crippen LogP contribution in [0.15, 0.2) is 41.0 Å². The van der Waals surface area contributed by atoms with E-state index in [0.717, 1.165) is 0 Å². The number of likely N-dealkylation sites (tertiary alicyclic amines) is 1. The van der Waals surface area contributed by atoms with Gasteiger partial charge in [-0.3, -0.25) is 9.59 Å². The van der Waals surface area contributed by atoms with E-state index in [2.05, 4.69) is 5.32 Å². The fourth-order valence-electron chi connectivity index (χ4n) is 3.04. The average Bonchev–Trinajstić information content (AvgIpc) is 3.22. The maximum atomic E-state index is 12.7. The predicted molar refractivity (Wildman–Crippen MR) is 94.6 cm³/mol. The molecule has 138 valence electrons. The molecule has 1 aliphatic heterocycles. The number of ether oxygens (including phenoxy) is 2. The Labute approximate surface area is 151 Å². The molecule has 0 aliphatic carbocycles. The quantitative estimate of drug-likeness (QED) is 0.887. The van der Waals surface area contributed by atoms with Gasteiger partial charge < -0.3 is 24.1 Å². The second-order valence-corrected chi connectivity index (χ2v) is 6.09. The Morgan fingerprint density at radius 1 is 1.12 bits per heavy atom. The Morgan fingerprint density at radius 2 is 1.85 bits per heavy atom. The van der Waals surface area contributed by atoms with Crippen molar-refractivity contribution < 1.29 is 23.5 Å². The topological polar surface area (TPSA) is 81.0 Å². The third-order valence-corrected chi connectivity index (χ3v) is 4.49. The smallest absolute Gasteiger partial charge is 0.287 e. The van der Waals surface area contributed by atoms with E-state index in [0.29, 0.717) is 48.8 Å². The lowest BCUT2D eigenvalue weighted by Crippen LogP contribution is -2.46. The number of carbonyl (C=O) groups excluding carboxylic acids is 2. The fraction of sp³-hybridized carbons (Fsp3) is 0.368. The molecule has 1 fully saturated rings. The van der Waals surface area contributed by atoms with Crippen molar-refractivity contribution in [3.8, 4) is 11.5 Å². The lowest BCUT2D eigenvalue weighted by atomic mass is 10.0. The number of nitrogens with one attached hydrogen (secondary N) is 1. The number of rotatable bonds is 5. The van der Waals surface area contributed by atoms with Gasteiger partial charge in [-0.2, -0.15) is 0 Å². The molecule has 1 aromatic carbocycles. The van der Waals surface area contributed by atoms with Crippen molar-refractivity contribution in [2.24, 2.45) is 0 Å². The number of benzene rings is 1. The first-order valence-electron chi connectivity index (χ1n) is 8.48. The van der Waals surface area contributed by atoms with Crippen LogP contribution in [0, 0.1) is 0 Å². The second-order valence-electron chi connectivity index (χ2n) is 6.09. The zero-order chi connectivity index (χ0) is 18.5. The highest BCUT2D eigenvalue weighted by molar-refractivity contribution is 5.95. The Morgan fingerprint density at radius 3 is 2.46 bits per heavy atom. The van der Waals surface area contributed by atoms with Gasteiger partial charge in [-0.15, -0.1) is 0 Å². The monoisotopic (exact) mass is 358 g/mol. The minimum absolute atomic E-state index is 0.0297. The van der Waals surface area contributed by atoms with E-state index in [9.17, 15) is 9.59 Å². The van der Waals surface area contributed by atoms with Crippen molar-refractivity contribution >= 4 is 11.8 Å². The van der Waals surface area contributed by atoms with Gasteiger partial charge in [-0.1, -0.05) is 0 Å². The number of methoxy groups -OCH3 is 2. The maximum absolute atomic E-state index is 12.7. The summed E-state index contributed by atoms with van der Waals surface area (Å²) in [7, 11) is 3.10. The summed E-state index contributed by atoms with van der Waals surface area (Å²) in [4.78, 5) is 26.5. The molecule has 2 amide bonds. The number of furan rings is 1. The zero-order valence-electron chi connectivity index (χ0n) is 14.9. The molecule has 26 heavy (non-hydrogen) atoms. The van der Waals surface area contributed by atoms with Crippen molar-refractivity contribution in [3.05, 3.63) is 47.9 Å². The summed E-state index contributed by atoms with van der Waals surface area (Å²) in [5.74, 6) is 1.14. The fourth-order valence-corrected chi connectivity index (χ4v) is 3.04. The summed E-state index contributed by atoms with van der Waals surface area (Å²) in [5, 5.41) is 2.95. The third kappa shape index (κ3) is 3.82. The Hall–Kier alpha value is -2.96. The van der Waals surface area contributed by atoms with Crippen molar-refractivity contribution in [2.45, 2.75) is 18.9 Å². The largest absolute Gasteiger partial charge is 0.493 e. The van der Waals surface area contributed by atoms with Crippen LogP contribution in [-0.2, 0) is 0 Å². The van der Waals surface area contributed by atoms with E-state index in [-0.39, 0.29) is 17.9 Å². The van der Waals surface area contributed by atoms with Crippen LogP contribution in [-0.4, -0.2) is 50.1 Å². The van der Waals surface area contributed by atoms with Gasteiger partial charge in [0.25, 0.3) is 11.8 Å². The first kappa shape index (κ1) is 17.8. The van der Waals surface area contributed by atoms with Gasteiger partial charge in [0.1, 0.15) is 0 Å². The molecule has 1 N–H and O–H groups in total. The molecule has 0 spiro atoms. The molecule has 1 aromatic heterocycles. The van der Waals surface area contributed by atoms with Crippen LogP contribution in [0.2, 0.25) is 0 Å². The normalized spacial score (nSPS) is 14.8. The van der Waals surface area contributed by atoms with Crippen LogP contribution in [0.4, 0.5) is 0 Å². The standard InChI is InChI=1S/C19H22N2O5/c1-24-15-6-5-13(12-17(15)25-2)19(23)21-9-7-14(8-10-21)20-18(22)16-4-3-11-26-16/h3-6,11-12,14H,7-10H2,1-2H3,(H,20,22). The number of carbonyl (C=O) groups is 2. The van der Waals surface area contributed by atoms with E-state index < -0.39 is 0 Å². The van der Waals surface area contributed by atoms with Gasteiger partial charge in [0.05, 0.1) is 20.5 Å². The molecule has 0 bridgehead atoms. The maximum Gasteiger partial charge on any atom is 0.287 e. The molecule has 3 rings (SSSR count). The van der Waals surface area contributed by atoms with Crippen molar-refractivity contribution in [1.82, 2.24) is 10.2 Å². The molecule has 2 heterocycles. The SMILES string of the molecule is COc1ccc(C(=O)N2CCC(NC(=O)c3ccco3)CC2)cc1OC. The highest BCUT2D eigenvalue weighted by atomic mass is 16.5. The average molecular weight is 358 g/mol. The lowest BCUT2D eigenvalue weighted by molar-refractivity contribution is 0.0695. The molecule has 1 aliphatic rings. The molecular formula is C19H22N2O5. The van der Waals surface area contributed by atoms with Gasteiger partial charge in [0.2, 0.25) is 0 Å². The van der Waals surface area contributed by atoms with Crippen molar-refractivity contribution in [1.29, 1.82) is 0 Å². The predicted octanol–water partition coefficient (Wildman–Crippen LogP) is 2.33. The van der Waals surface area contributed by atoms with E-state index >= 15 is 0 Å². The molecule has 0 saturated carbocycles. The van der Waals surface area contributed by atoms with E-state index in [1.54, 1.807) is 49.5 Å². The van der Waals surface area contributed by atoms with E-state index in [4.69, 9.17) is 13.9 Å². The number of hydrogen-bond acceptors (Lipinski definition) is 5.